The summed E-state index contributed by atoms with van der Waals surface area (Å²) in [5, 5.41) is 16.3. The SMILES string of the molecule is O=c1c2ccccc2nc(C2CCCCC2)n1N=Cc1cccn1-c1cccc([N+](=O)[O-])c1. The van der Waals surface area contributed by atoms with Crippen LogP contribution < -0.4 is 5.56 Å². The highest BCUT2D eigenvalue weighted by Crippen LogP contribution is 2.31. The van der Waals surface area contributed by atoms with E-state index in [1.807, 2.05) is 36.5 Å². The highest BCUT2D eigenvalue weighted by molar-refractivity contribution is 5.80. The van der Waals surface area contributed by atoms with Crippen LogP contribution in [0.25, 0.3) is 16.6 Å². The average molecular weight is 441 g/mol. The van der Waals surface area contributed by atoms with Gasteiger partial charge in [0.25, 0.3) is 11.2 Å². The van der Waals surface area contributed by atoms with Crippen molar-refractivity contribution in [2.24, 2.45) is 5.10 Å². The van der Waals surface area contributed by atoms with Crippen molar-refractivity contribution in [1.29, 1.82) is 0 Å². The minimum atomic E-state index is -0.419. The van der Waals surface area contributed by atoms with Gasteiger partial charge in [0, 0.05) is 24.2 Å². The summed E-state index contributed by atoms with van der Waals surface area (Å²) in [7, 11) is 0. The smallest absolute Gasteiger partial charge is 0.282 e. The van der Waals surface area contributed by atoms with Crippen LogP contribution in [0.1, 0.15) is 49.5 Å². The molecule has 0 aliphatic heterocycles. The molecule has 0 atom stereocenters. The molecule has 33 heavy (non-hydrogen) atoms. The lowest BCUT2D eigenvalue weighted by Crippen LogP contribution is -2.25. The molecule has 2 aromatic carbocycles. The Bertz CT molecular complexity index is 1410. The maximum Gasteiger partial charge on any atom is 0.282 e. The highest BCUT2D eigenvalue weighted by Gasteiger charge is 2.22. The molecule has 166 valence electrons. The average Bonchev–Trinajstić information content (AvgIpc) is 3.33. The van der Waals surface area contributed by atoms with E-state index in [9.17, 15) is 14.9 Å². The van der Waals surface area contributed by atoms with Gasteiger partial charge >= 0.3 is 0 Å². The number of aromatic nitrogens is 3. The molecule has 1 fully saturated rings. The molecule has 2 aromatic heterocycles. The Morgan fingerprint density at radius 3 is 2.67 bits per heavy atom. The Morgan fingerprint density at radius 1 is 1.03 bits per heavy atom. The summed E-state index contributed by atoms with van der Waals surface area (Å²) in [5.41, 5.74) is 1.86. The molecule has 0 bridgehead atoms. The van der Waals surface area contributed by atoms with Gasteiger partial charge in [-0.25, -0.2) is 4.98 Å². The number of non-ortho nitro benzene ring substituents is 1. The van der Waals surface area contributed by atoms with Gasteiger partial charge in [-0.3, -0.25) is 14.9 Å². The first kappa shape index (κ1) is 20.8. The fraction of sp³-hybridized carbons (Fsp3) is 0.240. The number of nitrogens with zero attached hydrogens (tertiary/aromatic N) is 5. The van der Waals surface area contributed by atoms with Gasteiger partial charge in [0.1, 0.15) is 5.82 Å². The minimum Gasteiger partial charge on any atom is -0.315 e. The topological polar surface area (TPSA) is 95.3 Å². The first-order chi connectivity index (χ1) is 16.1. The maximum absolute atomic E-state index is 13.4. The second-order valence-electron chi connectivity index (χ2n) is 8.26. The monoisotopic (exact) mass is 441 g/mol. The van der Waals surface area contributed by atoms with Gasteiger partial charge in [0.2, 0.25) is 0 Å². The zero-order valence-electron chi connectivity index (χ0n) is 18.0. The number of hydrogen-bond donors (Lipinski definition) is 0. The molecule has 0 unspecified atom stereocenters. The predicted molar refractivity (Wildman–Crippen MR) is 127 cm³/mol. The molecule has 1 saturated carbocycles. The molecule has 0 spiro atoms. The van der Waals surface area contributed by atoms with Crippen LogP contribution in [0, 0.1) is 10.1 Å². The molecule has 8 heteroatoms. The first-order valence-corrected chi connectivity index (χ1v) is 11.1. The van der Waals surface area contributed by atoms with E-state index in [0.717, 1.165) is 25.7 Å². The van der Waals surface area contributed by atoms with Crippen LogP contribution in [0.4, 0.5) is 5.69 Å². The van der Waals surface area contributed by atoms with Gasteiger partial charge < -0.3 is 4.57 Å². The summed E-state index contributed by atoms with van der Waals surface area (Å²) in [4.78, 5) is 28.9. The lowest BCUT2D eigenvalue weighted by atomic mass is 9.88. The van der Waals surface area contributed by atoms with Gasteiger partial charge in [0.05, 0.1) is 33.4 Å². The number of para-hydroxylation sites is 1. The molecule has 4 aromatic rings. The first-order valence-electron chi connectivity index (χ1n) is 11.1. The van der Waals surface area contributed by atoms with Gasteiger partial charge in [-0.2, -0.15) is 9.78 Å². The van der Waals surface area contributed by atoms with Crippen LogP contribution in [-0.2, 0) is 0 Å². The summed E-state index contributed by atoms with van der Waals surface area (Å²) >= 11 is 0. The zero-order valence-corrected chi connectivity index (χ0v) is 18.0. The van der Waals surface area contributed by atoms with Crippen molar-refractivity contribution in [2.45, 2.75) is 38.0 Å². The number of benzene rings is 2. The van der Waals surface area contributed by atoms with Crippen LogP contribution in [0.3, 0.4) is 0 Å². The molecule has 1 aliphatic rings. The Kier molecular flexibility index (Phi) is 5.56. The summed E-state index contributed by atoms with van der Waals surface area (Å²) < 4.78 is 3.24. The van der Waals surface area contributed by atoms with E-state index in [4.69, 9.17) is 4.98 Å². The molecule has 0 saturated heterocycles. The molecule has 2 heterocycles. The van der Waals surface area contributed by atoms with E-state index < -0.39 is 4.92 Å². The Morgan fingerprint density at radius 2 is 1.85 bits per heavy atom. The van der Waals surface area contributed by atoms with Crippen molar-refractivity contribution in [3.8, 4) is 5.69 Å². The minimum absolute atomic E-state index is 0.0126. The third-order valence-corrected chi connectivity index (χ3v) is 6.15. The predicted octanol–water partition coefficient (Wildman–Crippen LogP) is 5.03. The number of fused-ring (bicyclic) bond motifs is 1. The standard InChI is InChI=1S/C25H23N5O3/c31-25-22-13-4-5-14-23(22)27-24(18-8-2-1-3-9-18)29(25)26-17-21-12-7-15-28(21)19-10-6-11-20(16-19)30(32)33/h4-7,10-18H,1-3,8-9H2. The van der Waals surface area contributed by atoms with Crippen molar-refractivity contribution in [3.05, 3.63) is 98.8 Å². The van der Waals surface area contributed by atoms with Crippen molar-refractivity contribution in [3.63, 3.8) is 0 Å². The lowest BCUT2D eigenvalue weighted by Gasteiger charge is -2.22. The second kappa shape index (κ2) is 8.82. The van der Waals surface area contributed by atoms with Gasteiger partial charge in [-0.1, -0.05) is 37.5 Å². The van der Waals surface area contributed by atoms with E-state index in [0.29, 0.717) is 28.1 Å². The van der Waals surface area contributed by atoms with Crippen molar-refractivity contribution in [2.75, 3.05) is 0 Å². The molecule has 0 N–H and O–H groups in total. The van der Waals surface area contributed by atoms with Gasteiger partial charge in [-0.15, -0.1) is 0 Å². The van der Waals surface area contributed by atoms with Crippen molar-refractivity contribution in [1.82, 2.24) is 14.2 Å². The van der Waals surface area contributed by atoms with Gasteiger partial charge in [-0.05, 0) is 43.2 Å². The van der Waals surface area contributed by atoms with Crippen LogP contribution >= 0.6 is 0 Å². The number of nitro groups is 1. The molecular formula is C25H23N5O3. The summed E-state index contributed by atoms with van der Waals surface area (Å²) in [6.07, 6.45) is 8.84. The van der Waals surface area contributed by atoms with E-state index >= 15 is 0 Å². The molecule has 8 nitrogen and oxygen atoms in total. The van der Waals surface area contributed by atoms with Crippen molar-refractivity contribution >= 4 is 22.8 Å². The fourth-order valence-corrected chi connectivity index (χ4v) is 4.49. The van der Waals surface area contributed by atoms with E-state index in [1.54, 1.807) is 29.0 Å². The van der Waals surface area contributed by atoms with Crippen LogP contribution in [-0.4, -0.2) is 25.4 Å². The second-order valence-corrected chi connectivity index (χ2v) is 8.26. The normalized spacial score (nSPS) is 14.8. The largest absolute Gasteiger partial charge is 0.315 e. The third kappa shape index (κ3) is 4.07. The van der Waals surface area contributed by atoms with Crippen LogP contribution in [0.2, 0.25) is 0 Å². The number of nitro benzene ring substituents is 1. The maximum atomic E-state index is 13.4. The lowest BCUT2D eigenvalue weighted by molar-refractivity contribution is -0.384. The van der Waals surface area contributed by atoms with Crippen LogP contribution in [0.15, 0.2) is 76.8 Å². The third-order valence-electron chi connectivity index (χ3n) is 6.15. The molecule has 0 radical (unpaired) electrons. The van der Waals surface area contributed by atoms with E-state index in [2.05, 4.69) is 5.10 Å². The van der Waals surface area contributed by atoms with E-state index in [1.165, 1.54) is 23.2 Å². The number of rotatable bonds is 5. The van der Waals surface area contributed by atoms with E-state index in [-0.39, 0.29) is 17.2 Å². The number of hydrogen-bond acceptors (Lipinski definition) is 5. The highest BCUT2D eigenvalue weighted by atomic mass is 16.6. The summed E-state index contributed by atoms with van der Waals surface area (Å²) in [5.74, 6) is 0.889. The Hall–Kier alpha value is -4.07. The molecule has 1 aliphatic carbocycles. The quantitative estimate of drug-likeness (QED) is 0.247. The molecule has 0 amide bonds. The summed E-state index contributed by atoms with van der Waals surface area (Å²) in [6, 6.07) is 17.4. The van der Waals surface area contributed by atoms with Gasteiger partial charge in [0.15, 0.2) is 0 Å². The molecular weight excluding hydrogens is 418 g/mol. The fourth-order valence-electron chi connectivity index (χ4n) is 4.49. The Labute approximate surface area is 190 Å². The molecule has 5 rings (SSSR count). The summed E-state index contributed by atoms with van der Waals surface area (Å²) in [6.45, 7) is 0. The van der Waals surface area contributed by atoms with Crippen molar-refractivity contribution < 1.29 is 4.92 Å². The Balaban J connectivity index is 1.59. The zero-order chi connectivity index (χ0) is 22.8. The van der Waals surface area contributed by atoms with Crippen LogP contribution in [0.5, 0.6) is 0 Å².